The van der Waals surface area contributed by atoms with Gasteiger partial charge in [0, 0.05) is 19.7 Å². The van der Waals surface area contributed by atoms with E-state index in [0.29, 0.717) is 32.5 Å². The van der Waals surface area contributed by atoms with Crippen LogP contribution < -0.4 is 5.32 Å². The van der Waals surface area contributed by atoms with Gasteiger partial charge in [-0.2, -0.15) is 0 Å². The maximum absolute atomic E-state index is 6.01. The molecule has 0 aliphatic heterocycles. The van der Waals surface area contributed by atoms with Gasteiger partial charge >= 0.3 is 0 Å². The van der Waals surface area contributed by atoms with Crippen molar-refractivity contribution in [2.45, 2.75) is 31.9 Å². The molecule has 1 fully saturated rings. The third kappa shape index (κ3) is 6.57. The lowest BCUT2D eigenvalue weighted by atomic mass is 10.1. The van der Waals surface area contributed by atoms with Crippen LogP contribution in [-0.2, 0) is 14.2 Å². The van der Waals surface area contributed by atoms with Crippen LogP contribution in [-0.4, -0.2) is 46.1 Å². The summed E-state index contributed by atoms with van der Waals surface area (Å²) >= 11 is 0. The second-order valence-electron chi connectivity index (χ2n) is 5.56. The smallest absolute Gasteiger partial charge is 0.0950 e. The highest BCUT2D eigenvalue weighted by molar-refractivity contribution is 5.24. The molecule has 1 aromatic rings. The monoisotopic (exact) mass is 293 g/mol. The molecule has 21 heavy (non-hydrogen) atoms. The largest absolute Gasteiger partial charge is 0.382 e. The highest BCUT2D eigenvalue weighted by Gasteiger charge is 2.22. The zero-order chi connectivity index (χ0) is 14.9. The second-order valence-corrected chi connectivity index (χ2v) is 5.56. The van der Waals surface area contributed by atoms with Gasteiger partial charge in [-0.05, 0) is 25.3 Å². The summed E-state index contributed by atoms with van der Waals surface area (Å²) in [5.74, 6) is 0. The van der Waals surface area contributed by atoms with Crippen LogP contribution in [0, 0.1) is 6.92 Å². The van der Waals surface area contributed by atoms with Crippen molar-refractivity contribution in [1.29, 1.82) is 0 Å². The van der Waals surface area contributed by atoms with Crippen molar-refractivity contribution in [1.82, 2.24) is 5.32 Å². The summed E-state index contributed by atoms with van der Waals surface area (Å²) < 4.78 is 16.4. The molecule has 0 radical (unpaired) electrons. The van der Waals surface area contributed by atoms with E-state index >= 15 is 0 Å². The Balaban J connectivity index is 1.77. The normalized spacial score (nSPS) is 16.1. The quantitative estimate of drug-likeness (QED) is 0.636. The molecule has 1 unspecified atom stereocenters. The van der Waals surface area contributed by atoms with E-state index in [9.17, 15) is 0 Å². The maximum Gasteiger partial charge on any atom is 0.0950 e. The van der Waals surface area contributed by atoms with Crippen LogP contribution in [0.3, 0.4) is 0 Å². The highest BCUT2D eigenvalue weighted by Crippen LogP contribution is 2.22. The molecule has 0 bridgehead atoms. The van der Waals surface area contributed by atoms with Gasteiger partial charge in [0.25, 0.3) is 0 Å². The van der Waals surface area contributed by atoms with Crippen LogP contribution >= 0.6 is 0 Å². The first-order chi connectivity index (χ1) is 10.3. The van der Waals surface area contributed by atoms with Crippen LogP contribution in [0.5, 0.6) is 0 Å². The van der Waals surface area contributed by atoms with Gasteiger partial charge in [-0.1, -0.05) is 29.8 Å². The summed E-state index contributed by atoms with van der Waals surface area (Å²) in [4.78, 5) is 0. The first-order valence-electron chi connectivity index (χ1n) is 7.78. The Morgan fingerprint density at radius 2 is 2.00 bits per heavy atom. The van der Waals surface area contributed by atoms with Gasteiger partial charge < -0.3 is 19.5 Å². The molecular formula is C17H27NO3. The van der Waals surface area contributed by atoms with Crippen molar-refractivity contribution in [3.63, 3.8) is 0 Å². The van der Waals surface area contributed by atoms with Gasteiger partial charge in [0.05, 0.1) is 32.5 Å². The fourth-order valence-electron chi connectivity index (χ4n) is 2.20. The topological polar surface area (TPSA) is 39.7 Å². The molecule has 1 aromatic carbocycles. The number of rotatable bonds is 11. The first kappa shape index (κ1) is 16.4. The van der Waals surface area contributed by atoms with Gasteiger partial charge in [-0.15, -0.1) is 0 Å². The lowest BCUT2D eigenvalue weighted by Crippen LogP contribution is -2.26. The van der Waals surface area contributed by atoms with E-state index in [1.165, 1.54) is 24.0 Å². The molecule has 0 spiro atoms. The zero-order valence-corrected chi connectivity index (χ0v) is 13.1. The third-order valence-corrected chi connectivity index (χ3v) is 3.56. The Bertz CT molecular complexity index is 407. The Morgan fingerprint density at radius 1 is 1.19 bits per heavy atom. The van der Waals surface area contributed by atoms with Gasteiger partial charge in [0.2, 0.25) is 0 Å². The SMILES string of the molecule is COCCOCCOC(CNC1CC1)c1cccc(C)c1. The molecular weight excluding hydrogens is 266 g/mol. The maximum atomic E-state index is 6.01. The molecule has 1 N–H and O–H groups in total. The van der Waals surface area contributed by atoms with E-state index in [-0.39, 0.29) is 6.10 Å². The van der Waals surface area contributed by atoms with Crippen LogP contribution in [0.4, 0.5) is 0 Å². The summed E-state index contributed by atoms with van der Waals surface area (Å²) in [6.45, 7) is 5.44. The van der Waals surface area contributed by atoms with Crippen molar-refractivity contribution in [2.75, 3.05) is 40.1 Å². The van der Waals surface area contributed by atoms with Crippen molar-refractivity contribution in [3.8, 4) is 0 Å². The molecule has 1 aliphatic carbocycles. The number of ether oxygens (including phenoxy) is 3. The average Bonchev–Trinajstić information content (AvgIpc) is 3.30. The minimum atomic E-state index is 0.0940. The van der Waals surface area contributed by atoms with E-state index in [0.717, 1.165) is 6.54 Å². The van der Waals surface area contributed by atoms with Gasteiger partial charge in [0.15, 0.2) is 0 Å². The summed E-state index contributed by atoms with van der Waals surface area (Å²) in [5.41, 5.74) is 2.50. The fraction of sp³-hybridized carbons (Fsp3) is 0.647. The van der Waals surface area contributed by atoms with Crippen LogP contribution in [0.2, 0.25) is 0 Å². The minimum Gasteiger partial charge on any atom is -0.382 e. The molecule has 118 valence electrons. The number of benzene rings is 1. The lowest BCUT2D eigenvalue weighted by molar-refractivity contribution is -0.00698. The van der Waals surface area contributed by atoms with E-state index in [2.05, 4.69) is 36.5 Å². The Morgan fingerprint density at radius 3 is 2.71 bits per heavy atom. The van der Waals surface area contributed by atoms with Gasteiger partial charge in [-0.3, -0.25) is 0 Å². The van der Waals surface area contributed by atoms with E-state index in [4.69, 9.17) is 14.2 Å². The average molecular weight is 293 g/mol. The fourth-order valence-corrected chi connectivity index (χ4v) is 2.20. The predicted molar refractivity (Wildman–Crippen MR) is 83.6 cm³/mol. The molecule has 0 aromatic heterocycles. The summed E-state index contributed by atoms with van der Waals surface area (Å²) in [5, 5.41) is 3.55. The van der Waals surface area contributed by atoms with Crippen molar-refractivity contribution in [2.24, 2.45) is 0 Å². The predicted octanol–water partition coefficient (Wildman–Crippen LogP) is 2.47. The number of methoxy groups -OCH3 is 1. The zero-order valence-electron chi connectivity index (χ0n) is 13.1. The summed E-state index contributed by atoms with van der Waals surface area (Å²) in [6.07, 6.45) is 2.68. The Labute approximate surface area is 127 Å². The van der Waals surface area contributed by atoms with E-state index < -0.39 is 0 Å². The third-order valence-electron chi connectivity index (χ3n) is 3.56. The highest BCUT2D eigenvalue weighted by atomic mass is 16.5. The minimum absolute atomic E-state index is 0.0940. The molecule has 0 amide bonds. The second kappa shape index (κ2) is 9.15. The molecule has 2 rings (SSSR count). The Hall–Kier alpha value is -0.940. The molecule has 1 saturated carbocycles. The van der Waals surface area contributed by atoms with Crippen LogP contribution in [0.25, 0.3) is 0 Å². The Kier molecular flexibility index (Phi) is 7.16. The molecule has 4 nitrogen and oxygen atoms in total. The van der Waals surface area contributed by atoms with E-state index in [1.54, 1.807) is 7.11 Å². The summed E-state index contributed by atoms with van der Waals surface area (Å²) in [6, 6.07) is 9.23. The van der Waals surface area contributed by atoms with Crippen molar-refractivity contribution < 1.29 is 14.2 Å². The molecule has 1 aliphatic rings. The summed E-state index contributed by atoms with van der Waals surface area (Å²) in [7, 11) is 1.68. The number of aryl methyl sites for hydroxylation is 1. The molecule has 0 saturated heterocycles. The van der Waals surface area contributed by atoms with Crippen LogP contribution in [0.1, 0.15) is 30.1 Å². The molecule has 0 heterocycles. The first-order valence-corrected chi connectivity index (χ1v) is 7.78. The van der Waals surface area contributed by atoms with Gasteiger partial charge in [0.1, 0.15) is 0 Å². The number of nitrogens with one attached hydrogen (secondary N) is 1. The van der Waals surface area contributed by atoms with Crippen molar-refractivity contribution >= 4 is 0 Å². The van der Waals surface area contributed by atoms with Crippen molar-refractivity contribution in [3.05, 3.63) is 35.4 Å². The number of hydrogen-bond acceptors (Lipinski definition) is 4. The van der Waals surface area contributed by atoms with E-state index in [1.807, 2.05) is 0 Å². The molecule has 1 atom stereocenters. The van der Waals surface area contributed by atoms with Gasteiger partial charge in [-0.25, -0.2) is 0 Å². The molecule has 4 heteroatoms. The number of hydrogen-bond donors (Lipinski definition) is 1. The lowest BCUT2D eigenvalue weighted by Gasteiger charge is -2.19. The standard InChI is InChI=1S/C17H27NO3/c1-14-4-3-5-15(12-14)17(13-18-16-6-7-16)21-11-10-20-9-8-19-2/h3-5,12,16-18H,6-11,13H2,1-2H3. The van der Waals surface area contributed by atoms with Crippen LogP contribution in [0.15, 0.2) is 24.3 Å².